The van der Waals surface area contributed by atoms with Gasteiger partial charge in [-0.25, -0.2) is 0 Å². The SMILES string of the molecule is CN=C(NCCCCc1ccc([N+](=O)[O-])cc1)NC1CCN(C(=O)C(C)C)C1. The Bertz CT molecular complexity index is 688. The Morgan fingerprint density at radius 3 is 2.64 bits per heavy atom. The molecule has 1 aromatic carbocycles. The van der Waals surface area contributed by atoms with Crippen LogP contribution in [0, 0.1) is 16.0 Å². The summed E-state index contributed by atoms with van der Waals surface area (Å²) in [7, 11) is 1.75. The number of carbonyl (C=O) groups excluding carboxylic acids is 1. The molecule has 1 aliphatic rings. The number of likely N-dealkylation sites (tertiary alicyclic amines) is 1. The van der Waals surface area contributed by atoms with E-state index in [1.54, 1.807) is 19.2 Å². The monoisotopic (exact) mass is 389 g/mol. The number of amides is 1. The Balaban J connectivity index is 1.65. The number of guanidine groups is 1. The molecule has 28 heavy (non-hydrogen) atoms. The van der Waals surface area contributed by atoms with Gasteiger partial charge in [0.25, 0.3) is 5.69 Å². The highest BCUT2D eigenvalue weighted by molar-refractivity contribution is 5.81. The van der Waals surface area contributed by atoms with Gasteiger partial charge in [-0.15, -0.1) is 0 Å². The zero-order valence-electron chi connectivity index (χ0n) is 17.0. The molecule has 0 aliphatic carbocycles. The van der Waals surface area contributed by atoms with Crippen molar-refractivity contribution in [3.8, 4) is 0 Å². The molecule has 8 heteroatoms. The second kappa shape index (κ2) is 10.6. The van der Waals surface area contributed by atoms with Gasteiger partial charge >= 0.3 is 0 Å². The van der Waals surface area contributed by atoms with Crippen LogP contribution in [0.3, 0.4) is 0 Å². The quantitative estimate of drug-likeness (QED) is 0.234. The fourth-order valence-corrected chi connectivity index (χ4v) is 3.28. The molecule has 2 N–H and O–H groups in total. The number of carbonyl (C=O) groups is 1. The lowest BCUT2D eigenvalue weighted by Crippen LogP contribution is -2.45. The lowest BCUT2D eigenvalue weighted by atomic mass is 10.1. The Morgan fingerprint density at radius 2 is 2.04 bits per heavy atom. The number of hydrogen-bond donors (Lipinski definition) is 2. The highest BCUT2D eigenvalue weighted by atomic mass is 16.6. The van der Waals surface area contributed by atoms with Gasteiger partial charge < -0.3 is 15.5 Å². The van der Waals surface area contributed by atoms with Crippen molar-refractivity contribution >= 4 is 17.6 Å². The summed E-state index contributed by atoms with van der Waals surface area (Å²) in [6.07, 6.45) is 3.78. The van der Waals surface area contributed by atoms with E-state index in [0.29, 0.717) is 0 Å². The molecular formula is C20H31N5O3. The van der Waals surface area contributed by atoms with Crippen LogP contribution in [-0.4, -0.2) is 54.4 Å². The van der Waals surface area contributed by atoms with E-state index >= 15 is 0 Å². The summed E-state index contributed by atoms with van der Waals surface area (Å²) in [5.74, 6) is 1.00. The van der Waals surface area contributed by atoms with Crippen LogP contribution in [0.1, 0.15) is 38.7 Å². The van der Waals surface area contributed by atoms with Gasteiger partial charge in [-0.3, -0.25) is 19.9 Å². The summed E-state index contributed by atoms with van der Waals surface area (Å²) in [5, 5.41) is 17.4. The Kier molecular flexibility index (Phi) is 8.22. The Hall–Kier alpha value is -2.64. The molecule has 1 amide bonds. The largest absolute Gasteiger partial charge is 0.356 e. The van der Waals surface area contributed by atoms with Crippen molar-refractivity contribution in [2.45, 2.75) is 45.6 Å². The van der Waals surface area contributed by atoms with Crippen molar-refractivity contribution in [1.82, 2.24) is 15.5 Å². The second-order valence-corrected chi connectivity index (χ2v) is 7.45. The average Bonchev–Trinajstić information content (AvgIpc) is 3.14. The highest BCUT2D eigenvalue weighted by Gasteiger charge is 2.27. The first-order valence-corrected chi connectivity index (χ1v) is 9.90. The number of rotatable bonds is 8. The van der Waals surface area contributed by atoms with Crippen LogP contribution < -0.4 is 10.6 Å². The number of nitro groups is 1. The maximum absolute atomic E-state index is 12.1. The van der Waals surface area contributed by atoms with Gasteiger partial charge in [-0.1, -0.05) is 26.0 Å². The van der Waals surface area contributed by atoms with E-state index in [4.69, 9.17) is 0 Å². The number of benzene rings is 1. The summed E-state index contributed by atoms with van der Waals surface area (Å²) in [6.45, 7) is 6.17. The first kappa shape index (κ1) is 21.7. The van der Waals surface area contributed by atoms with E-state index in [-0.39, 0.29) is 28.5 Å². The minimum Gasteiger partial charge on any atom is -0.356 e. The summed E-state index contributed by atoms with van der Waals surface area (Å²) >= 11 is 0. The summed E-state index contributed by atoms with van der Waals surface area (Å²) in [5.41, 5.74) is 1.23. The smallest absolute Gasteiger partial charge is 0.269 e. The Morgan fingerprint density at radius 1 is 1.32 bits per heavy atom. The van der Waals surface area contributed by atoms with Crippen molar-refractivity contribution in [1.29, 1.82) is 0 Å². The molecule has 8 nitrogen and oxygen atoms in total. The second-order valence-electron chi connectivity index (χ2n) is 7.45. The van der Waals surface area contributed by atoms with E-state index in [2.05, 4.69) is 15.6 Å². The minimum absolute atomic E-state index is 0.0342. The molecule has 0 bridgehead atoms. The van der Waals surface area contributed by atoms with Crippen molar-refractivity contribution in [2.75, 3.05) is 26.7 Å². The zero-order chi connectivity index (χ0) is 20.5. The topological polar surface area (TPSA) is 99.9 Å². The molecule has 1 saturated heterocycles. The summed E-state index contributed by atoms with van der Waals surface area (Å²) < 4.78 is 0. The molecule has 2 rings (SSSR count). The highest BCUT2D eigenvalue weighted by Crippen LogP contribution is 2.14. The number of nitrogens with one attached hydrogen (secondary N) is 2. The first-order chi connectivity index (χ1) is 13.4. The van der Waals surface area contributed by atoms with Crippen LogP contribution in [0.25, 0.3) is 0 Å². The maximum atomic E-state index is 12.1. The first-order valence-electron chi connectivity index (χ1n) is 9.90. The van der Waals surface area contributed by atoms with Crippen LogP contribution >= 0.6 is 0 Å². The fraction of sp³-hybridized carbons (Fsp3) is 0.600. The molecule has 1 atom stereocenters. The number of nitro benzene ring substituents is 1. The number of unbranched alkanes of at least 4 members (excludes halogenated alkanes) is 1. The van der Waals surface area contributed by atoms with E-state index < -0.39 is 0 Å². The number of aliphatic imine (C=N–C) groups is 1. The average molecular weight is 390 g/mol. The lowest BCUT2D eigenvalue weighted by molar-refractivity contribution is -0.384. The van der Waals surface area contributed by atoms with Crippen LogP contribution in [0.4, 0.5) is 5.69 Å². The van der Waals surface area contributed by atoms with Gasteiger partial charge in [-0.05, 0) is 31.2 Å². The number of non-ortho nitro benzene ring substituents is 1. The van der Waals surface area contributed by atoms with Gasteiger partial charge in [0, 0.05) is 50.8 Å². The molecule has 154 valence electrons. The van der Waals surface area contributed by atoms with E-state index in [1.165, 1.54) is 0 Å². The molecule has 1 unspecified atom stereocenters. The van der Waals surface area contributed by atoms with E-state index in [9.17, 15) is 14.9 Å². The van der Waals surface area contributed by atoms with Gasteiger partial charge in [-0.2, -0.15) is 0 Å². The third kappa shape index (κ3) is 6.51. The molecule has 1 aliphatic heterocycles. The van der Waals surface area contributed by atoms with Gasteiger partial charge in [0.2, 0.25) is 5.91 Å². The molecule has 1 aromatic rings. The lowest BCUT2D eigenvalue weighted by Gasteiger charge is -2.20. The summed E-state index contributed by atoms with van der Waals surface area (Å²) in [6, 6.07) is 6.96. The summed E-state index contributed by atoms with van der Waals surface area (Å²) in [4.78, 5) is 28.5. The number of nitrogens with zero attached hydrogens (tertiary/aromatic N) is 3. The van der Waals surface area contributed by atoms with Crippen LogP contribution in [0.15, 0.2) is 29.3 Å². The predicted octanol–water partition coefficient (Wildman–Crippen LogP) is 2.34. The fourth-order valence-electron chi connectivity index (χ4n) is 3.28. The van der Waals surface area contributed by atoms with Crippen LogP contribution in [-0.2, 0) is 11.2 Å². The molecular weight excluding hydrogens is 358 g/mol. The molecule has 1 fully saturated rings. The molecule has 0 aromatic heterocycles. The Labute approximate surface area is 166 Å². The zero-order valence-corrected chi connectivity index (χ0v) is 17.0. The van der Waals surface area contributed by atoms with Crippen molar-refractivity contribution in [2.24, 2.45) is 10.9 Å². The number of aryl methyl sites for hydroxylation is 1. The van der Waals surface area contributed by atoms with Crippen LogP contribution in [0.5, 0.6) is 0 Å². The third-order valence-corrected chi connectivity index (χ3v) is 4.89. The molecule has 0 radical (unpaired) electrons. The maximum Gasteiger partial charge on any atom is 0.269 e. The van der Waals surface area contributed by atoms with E-state index in [0.717, 1.165) is 56.8 Å². The van der Waals surface area contributed by atoms with Crippen molar-refractivity contribution in [3.05, 3.63) is 39.9 Å². The third-order valence-electron chi connectivity index (χ3n) is 4.89. The standard InChI is InChI=1S/C20H31N5O3/c1-15(2)19(26)24-13-11-17(14-24)23-20(21-3)22-12-5-4-6-16-7-9-18(10-8-16)25(27)28/h7-10,15,17H,4-6,11-14H2,1-3H3,(H2,21,22,23). The molecule has 0 saturated carbocycles. The predicted molar refractivity (Wildman–Crippen MR) is 110 cm³/mol. The van der Waals surface area contributed by atoms with Crippen molar-refractivity contribution < 1.29 is 9.72 Å². The van der Waals surface area contributed by atoms with Crippen LogP contribution in [0.2, 0.25) is 0 Å². The van der Waals surface area contributed by atoms with Gasteiger partial charge in [0.15, 0.2) is 5.96 Å². The van der Waals surface area contributed by atoms with Gasteiger partial charge in [0.05, 0.1) is 4.92 Å². The van der Waals surface area contributed by atoms with Gasteiger partial charge in [0.1, 0.15) is 0 Å². The number of hydrogen-bond acceptors (Lipinski definition) is 4. The minimum atomic E-state index is -0.380. The molecule has 0 spiro atoms. The molecule has 1 heterocycles. The van der Waals surface area contributed by atoms with E-state index in [1.807, 2.05) is 30.9 Å². The normalized spacial score (nSPS) is 17.1. The van der Waals surface area contributed by atoms with Crippen molar-refractivity contribution in [3.63, 3.8) is 0 Å².